The summed E-state index contributed by atoms with van der Waals surface area (Å²) in [7, 11) is 2.02. The van der Waals surface area contributed by atoms with E-state index in [2.05, 4.69) is 46.1 Å². The normalized spacial score (nSPS) is 12.6. The number of nitrogens with one attached hydrogen (secondary N) is 1. The summed E-state index contributed by atoms with van der Waals surface area (Å²) in [6.45, 7) is 5.22. The van der Waals surface area contributed by atoms with Gasteiger partial charge in [-0.25, -0.2) is 0 Å². The predicted octanol–water partition coefficient (Wildman–Crippen LogP) is 2.23. The Morgan fingerprint density at radius 2 is 2.15 bits per heavy atom. The Morgan fingerprint density at radius 3 is 2.75 bits per heavy atom. The van der Waals surface area contributed by atoms with Crippen molar-refractivity contribution >= 4 is 0 Å². The van der Waals surface area contributed by atoms with Gasteiger partial charge in [0, 0.05) is 37.1 Å². The molecule has 0 amide bonds. The van der Waals surface area contributed by atoms with Crippen molar-refractivity contribution in [2.24, 2.45) is 0 Å². The minimum Gasteiger partial charge on any atom is -0.316 e. The highest BCUT2D eigenvalue weighted by Gasteiger charge is 2.13. The van der Waals surface area contributed by atoms with Crippen LogP contribution in [-0.2, 0) is 25.8 Å². The number of nitrogens with zero attached hydrogens (tertiary/aromatic N) is 3. The van der Waals surface area contributed by atoms with E-state index in [9.17, 15) is 0 Å². The second kappa shape index (κ2) is 7.20. The van der Waals surface area contributed by atoms with E-state index >= 15 is 0 Å². The maximum atomic E-state index is 4.62. The van der Waals surface area contributed by atoms with E-state index in [0.717, 1.165) is 25.8 Å². The molecule has 0 spiro atoms. The van der Waals surface area contributed by atoms with Gasteiger partial charge in [-0.1, -0.05) is 13.0 Å². The molecule has 0 aliphatic rings. The third-order valence-corrected chi connectivity index (χ3v) is 3.64. The van der Waals surface area contributed by atoms with Gasteiger partial charge in [0.25, 0.3) is 0 Å². The number of aromatic nitrogens is 3. The van der Waals surface area contributed by atoms with Crippen molar-refractivity contribution in [1.29, 1.82) is 0 Å². The van der Waals surface area contributed by atoms with Crippen LogP contribution in [-0.4, -0.2) is 27.9 Å². The fourth-order valence-electron chi connectivity index (χ4n) is 2.46. The van der Waals surface area contributed by atoms with Gasteiger partial charge in [-0.05, 0) is 44.5 Å². The second-order valence-corrected chi connectivity index (χ2v) is 5.05. The molecule has 1 N–H and O–H groups in total. The molecule has 4 heteroatoms. The van der Waals surface area contributed by atoms with E-state index < -0.39 is 0 Å². The standard InChI is InChI=1S/C16H24N4/c1-4-14-10-16(20(5-2)19-14)11-15(17-3)9-13-7-6-8-18-12-13/h6-8,10,12,15,17H,4-5,9,11H2,1-3H3. The lowest BCUT2D eigenvalue weighted by Crippen LogP contribution is -2.30. The Hall–Kier alpha value is -1.68. The first-order valence-electron chi connectivity index (χ1n) is 7.38. The Labute approximate surface area is 121 Å². The fourth-order valence-corrected chi connectivity index (χ4v) is 2.46. The van der Waals surface area contributed by atoms with Crippen LogP contribution in [0.5, 0.6) is 0 Å². The maximum absolute atomic E-state index is 4.62. The Kier molecular flexibility index (Phi) is 5.30. The molecule has 0 aromatic carbocycles. The smallest absolute Gasteiger partial charge is 0.0624 e. The summed E-state index contributed by atoms with van der Waals surface area (Å²) < 4.78 is 2.12. The molecule has 0 radical (unpaired) electrons. The van der Waals surface area contributed by atoms with E-state index in [1.165, 1.54) is 17.0 Å². The SMILES string of the molecule is CCc1cc(CC(Cc2cccnc2)NC)n(CC)n1. The highest BCUT2D eigenvalue weighted by atomic mass is 15.3. The van der Waals surface area contributed by atoms with Gasteiger partial charge in [-0.2, -0.15) is 5.10 Å². The van der Waals surface area contributed by atoms with E-state index in [4.69, 9.17) is 0 Å². The Morgan fingerprint density at radius 1 is 1.30 bits per heavy atom. The fraction of sp³-hybridized carbons (Fsp3) is 0.500. The van der Waals surface area contributed by atoms with Crippen LogP contribution in [0.4, 0.5) is 0 Å². The quantitative estimate of drug-likeness (QED) is 0.840. The van der Waals surface area contributed by atoms with Crippen LogP contribution >= 0.6 is 0 Å². The molecule has 1 unspecified atom stereocenters. The van der Waals surface area contributed by atoms with Crippen molar-refractivity contribution in [3.05, 3.63) is 47.5 Å². The molecule has 4 nitrogen and oxygen atoms in total. The molecule has 0 aliphatic carbocycles. The Bertz CT molecular complexity index is 519. The van der Waals surface area contributed by atoms with Crippen molar-refractivity contribution in [1.82, 2.24) is 20.1 Å². The highest BCUT2D eigenvalue weighted by molar-refractivity contribution is 5.15. The number of likely N-dealkylation sites (N-methyl/N-ethyl adjacent to an activating group) is 1. The Balaban J connectivity index is 2.08. The summed E-state index contributed by atoms with van der Waals surface area (Å²) in [6, 6.07) is 6.77. The van der Waals surface area contributed by atoms with Gasteiger partial charge >= 0.3 is 0 Å². The molecule has 0 saturated heterocycles. The average Bonchev–Trinajstić information content (AvgIpc) is 2.89. The first-order valence-corrected chi connectivity index (χ1v) is 7.38. The van der Waals surface area contributed by atoms with E-state index in [-0.39, 0.29) is 0 Å². The summed E-state index contributed by atoms with van der Waals surface area (Å²) in [6.07, 6.45) is 6.73. The van der Waals surface area contributed by atoms with Gasteiger partial charge in [-0.3, -0.25) is 9.67 Å². The molecule has 2 aromatic rings. The molecular weight excluding hydrogens is 248 g/mol. The van der Waals surface area contributed by atoms with Crippen molar-refractivity contribution < 1.29 is 0 Å². The zero-order valence-corrected chi connectivity index (χ0v) is 12.6. The van der Waals surface area contributed by atoms with Gasteiger partial charge in [0.1, 0.15) is 0 Å². The van der Waals surface area contributed by atoms with E-state index in [0.29, 0.717) is 6.04 Å². The molecule has 108 valence electrons. The van der Waals surface area contributed by atoms with Gasteiger partial charge < -0.3 is 5.32 Å². The average molecular weight is 272 g/mol. The molecule has 2 aromatic heterocycles. The summed E-state index contributed by atoms with van der Waals surface area (Å²) >= 11 is 0. The molecule has 0 bridgehead atoms. The predicted molar refractivity (Wildman–Crippen MR) is 81.8 cm³/mol. The van der Waals surface area contributed by atoms with Gasteiger partial charge in [0.2, 0.25) is 0 Å². The largest absolute Gasteiger partial charge is 0.316 e. The van der Waals surface area contributed by atoms with Crippen LogP contribution in [0.15, 0.2) is 30.6 Å². The number of hydrogen-bond acceptors (Lipinski definition) is 3. The van der Waals surface area contributed by atoms with Crippen molar-refractivity contribution in [3.8, 4) is 0 Å². The monoisotopic (exact) mass is 272 g/mol. The maximum Gasteiger partial charge on any atom is 0.0624 e. The zero-order chi connectivity index (χ0) is 14.4. The molecule has 0 aliphatic heterocycles. The summed E-state index contributed by atoms with van der Waals surface area (Å²) in [5, 5.41) is 8.03. The molecule has 2 rings (SSSR count). The highest BCUT2D eigenvalue weighted by Crippen LogP contribution is 2.11. The van der Waals surface area contributed by atoms with Crippen LogP contribution in [0.2, 0.25) is 0 Å². The first kappa shape index (κ1) is 14.7. The third kappa shape index (κ3) is 3.67. The van der Waals surface area contributed by atoms with Gasteiger partial charge in [-0.15, -0.1) is 0 Å². The molecule has 20 heavy (non-hydrogen) atoms. The molecule has 0 fully saturated rings. The lowest BCUT2D eigenvalue weighted by Gasteiger charge is -2.16. The summed E-state index contributed by atoms with van der Waals surface area (Å²) in [5.41, 5.74) is 3.76. The molecular formula is C16H24N4. The lowest BCUT2D eigenvalue weighted by molar-refractivity contribution is 0.519. The van der Waals surface area contributed by atoms with Crippen molar-refractivity contribution in [2.75, 3.05) is 7.05 Å². The molecule has 2 heterocycles. The van der Waals surface area contributed by atoms with Crippen molar-refractivity contribution in [3.63, 3.8) is 0 Å². The van der Waals surface area contributed by atoms with Crippen molar-refractivity contribution in [2.45, 2.75) is 45.7 Å². The lowest BCUT2D eigenvalue weighted by atomic mass is 10.0. The third-order valence-electron chi connectivity index (χ3n) is 3.64. The molecule has 1 atom stereocenters. The van der Waals surface area contributed by atoms with E-state index in [1.807, 2.05) is 25.5 Å². The number of aryl methyl sites for hydroxylation is 2. The van der Waals surface area contributed by atoms with Crippen LogP contribution in [0.25, 0.3) is 0 Å². The number of pyridine rings is 1. The minimum absolute atomic E-state index is 0.408. The van der Waals surface area contributed by atoms with E-state index in [1.54, 1.807) is 0 Å². The zero-order valence-electron chi connectivity index (χ0n) is 12.6. The van der Waals surface area contributed by atoms with Gasteiger partial charge in [0.05, 0.1) is 5.69 Å². The topological polar surface area (TPSA) is 42.7 Å². The second-order valence-electron chi connectivity index (χ2n) is 5.05. The summed E-state index contributed by atoms with van der Waals surface area (Å²) in [5.74, 6) is 0. The number of rotatable bonds is 7. The van der Waals surface area contributed by atoms with Crippen LogP contribution in [0, 0.1) is 0 Å². The minimum atomic E-state index is 0.408. The summed E-state index contributed by atoms with van der Waals surface area (Å²) in [4.78, 5) is 4.18. The molecule has 0 saturated carbocycles. The first-order chi connectivity index (χ1) is 9.76. The van der Waals surface area contributed by atoms with Gasteiger partial charge in [0.15, 0.2) is 0 Å². The van der Waals surface area contributed by atoms with Crippen LogP contribution < -0.4 is 5.32 Å². The number of hydrogen-bond donors (Lipinski definition) is 1. The van der Waals surface area contributed by atoms with Crippen LogP contribution in [0.1, 0.15) is 30.8 Å². The van der Waals surface area contributed by atoms with Crippen LogP contribution in [0.3, 0.4) is 0 Å².